The molecule has 1 aromatic rings. The summed E-state index contributed by atoms with van der Waals surface area (Å²) >= 11 is 5.87. The number of halogens is 2. The van der Waals surface area contributed by atoms with Crippen LogP contribution in [0.1, 0.15) is 37.9 Å². The first-order valence-corrected chi connectivity index (χ1v) is 6.26. The highest BCUT2D eigenvalue weighted by molar-refractivity contribution is 6.30. The SMILES string of the molecule is CC(=O)C12CC(C(F)c3cccc(Cl)c3)(C1)C2. The summed E-state index contributed by atoms with van der Waals surface area (Å²) in [6, 6.07) is 6.98. The first kappa shape index (κ1) is 11.2. The molecule has 3 aliphatic carbocycles. The maximum atomic E-state index is 14.4. The highest BCUT2D eigenvalue weighted by Gasteiger charge is 2.73. The smallest absolute Gasteiger partial charge is 0.136 e. The molecule has 3 saturated carbocycles. The van der Waals surface area contributed by atoms with Crippen molar-refractivity contribution in [3.8, 4) is 0 Å². The van der Waals surface area contributed by atoms with Gasteiger partial charge in [0, 0.05) is 15.9 Å². The van der Waals surface area contributed by atoms with Gasteiger partial charge in [0.2, 0.25) is 0 Å². The van der Waals surface area contributed by atoms with Gasteiger partial charge in [-0.2, -0.15) is 0 Å². The first-order chi connectivity index (χ1) is 7.97. The summed E-state index contributed by atoms with van der Waals surface area (Å²) in [6.45, 7) is 1.62. The molecule has 17 heavy (non-hydrogen) atoms. The van der Waals surface area contributed by atoms with Gasteiger partial charge in [-0.15, -0.1) is 0 Å². The molecule has 1 nitrogen and oxygen atoms in total. The average molecular weight is 253 g/mol. The second kappa shape index (κ2) is 3.32. The van der Waals surface area contributed by atoms with E-state index in [-0.39, 0.29) is 16.6 Å². The third-order valence-corrected chi connectivity index (χ3v) is 4.73. The summed E-state index contributed by atoms with van der Waals surface area (Å²) in [5, 5.41) is 0.568. The quantitative estimate of drug-likeness (QED) is 0.791. The van der Waals surface area contributed by atoms with Gasteiger partial charge in [-0.25, -0.2) is 4.39 Å². The lowest BCUT2D eigenvalue weighted by atomic mass is 9.32. The Kier molecular flexibility index (Phi) is 2.19. The molecule has 1 unspecified atom stereocenters. The molecule has 0 heterocycles. The second-order valence-electron chi connectivity index (χ2n) is 5.65. The second-order valence-corrected chi connectivity index (χ2v) is 6.08. The van der Waals surface area contributed by atoms with Gasteiger partial charge < -0.3 is 0 Å². The Hall–Kier alpha value is -0.890. The Bertz CT molecular complexity index is 477. The Morgan fingerprint density at radius 3 is 2.59 bits per heavy atom. The molecule has 90 valence electrons. The topological polar surface area (TPSA) is 17.1 Å². The molecule has 1 aromatic carbocycles. The van der Waals surface area contributed by atoms with E-state index in [0.29, 0.717) is 29.8 Å². The molecule has 3 fully saturated rings. The summed E-state index contributed by atoms with van der Waals surface area (Å²) in [4.78, 5) is 11.4. The lowest BCUT2D eigenvalue weighted by molar-refractivity contribution is -0.231. The van der Waals surface area contributed by atoms with Crippen molar-refractivity contribution in [2.45, 2.75) is 32.4 Å². The Balaban J connectivity index is 1.79. The fourth-order valence-corrected chi connectivity index (χ4v) is 3.73. The predicted octanol–water partition coefficient (Wildman–Crippen LogP) is 4.11. The predicted molar refractivity (Wildman–Crippen MR) is 64.7 cm³/mol. The third-order valence-electron chi connectivity index (χ3n) is 4.50. The zero-order valence-electron chi connectivity index (χ0n) is 9.67. The minimum Gasteiger partial charge on any atom is -0.299 e. The van der Waals surface area contributed by atoms with Crippen LogP contribution in [-0.4, -0.2) is 5.78 Å². The van der Waals surface area contributed by atoms with Crippen molar-refractivity contribution in [1.82, 2.24) is 0 Å². The van der Waals surface area contributed by atoms with Gasteiger partial charge in [0.05, 0.1) is 0 Å². The minimum absolute atomic E-state index is 0.178. The number of carbonyl (C=O) groups is 1. The van der Waals surface area contributed by atoms with Crippen LogP contribution in [0.3, 0.4) is 0 Å². The number of hydrogen-bond donors (Lipinski definition) is 0. The van der Waals surface area contributed by atoms with E-state index in [4.69, 9.17) is 11.6 Å². The molecule has 4 rings (SSSR count). The number of rotatable bonds is 3. The summed E-state index contributed by atoms with van der Waals surface area (Å²) in [6.07, 6.45) is 1.15. The van der Waals surface area contributed by atoms with Crippen molar-refractivity contribution in [3.63, 3.8) is 0 Å². The zero-order valence-corrected chi connectivity index (χ0v) is 10.4. The molecule has 0 amide bonds. The molecule has 0 aromatic heterocycles. The van der Waals surface area contributed by atoms with Crippen molar-refractivity contribution in [2.75, 3.05) is 0 Å². The third kappa shape index (κ3) is 1.40. The van der Waals surface area contributed by atoms with Gasteiger partial charge in [0.1, 0.15) is 12.0 Å². The van der Waals surface area contributed by atoms with Gasteiger partial charge in [-0.1, -0.05) is 23.7 Å². The Morgan fingerprint density at radius 2 is 2.06 bits per heavy atom. The van der Waals surface area contributed by atoms with Gasteiger partial charge in [-0.05, 0) is 43.9 Å². The van der Waals surface area contributed by atoms with E-state index < -0.39 is 6.17 Å². The van der Waals surface area contributed by atoms with Gasteiger partial charge in [0.25, 0.3) is 0 Å². The van der Waals surface area contributed by atoms with Crippen LogP contribution in [0.15, 0.2) is 24.3 Å². The standard InChI is InChI=1S/C14H14ClFO/c1-9(17)13-6-14(7-13,8-13)12(16)10-3-2-4-11(15)5-10/h2-5,12H,6-8H2,1H3. The van der Waals surface area contributed by atoms with Crippen molar-refractivity contribution in [2.24, 2.45) is 10.8 Å². The van der Waals surface area contributed by atoms with Gasteiger partial charge in [0.15, 0.2) is 0 Å². The summed E-state index contributed by atoms with van der Waals surface area (Å²) in [5.74, 6) is 0.220. The first-order valence-electron chi connectivity index (χ1n) is 5.88. The molecule has 3 heteroatoms. The fraction of sp³-hybridized carbons (Fsp3) is 0.500. The van der Waals surface area contributed by atoms with Crippen LogP contribution in [0.4, 0.5) is 4.39 Å². The monoisotopic (exact) mass is 252 g/mol. The van der Waals surface area contributed by atoms with Crippen LogP contribution in [0.25, 0.3) is 0 Å². The van der Waals surface area contributed by atoms with Crippen molar-refractivity contribution in [3.05, 3.63) is 34.9 Å². The Labute approximate surface area is 105 Å². The minimum atomic E-state index is -0.984. The van der Waals surface area contributed by atoms with Crippen LogP contribution >= 0.6 is 11.6 Å². The molecule has 3 aliphatic rings. The highest BCUT2D eigenvalue weighted by atomic mass is 35.5. The van der Waals surface area contributed by atoms with Crippen LogP contribution < -0.4 is 0 Å². The number of ketones is 1. The largest absolute Gasteiger partial charge is 0.299 e. The summed E-state index contributed by atoms with van der Waals surface area (Å²) in [7, 11) is 0. The van der Waals surface area contributed by atoms with E-state index in [1.165, 1.54) is 0 Å². The lowest BCUT2D eigenvalue weighted by Crippen LogP contribution is -2.66. The van der Waals surface area contributed by atoms with Crippen molar-refractivity contribution in [1.29, 1.82) is 0 Å². The normalized spacial score (nSPS) is 35.7. The van der Waals surface area contributed by atoms with Crippen molar-refractivity contribution >= 4 is 17.4 Å². The molecule has 0 aliphatic heterocycles. The lowest BCUT2D eigenvalue weighted by Gasteiger charge is -2.70. The maximum Gasteiger partial charge on any atom is 0.136 e. The fourth-order valence-electron chi connectivity index (χ4n) is 3.53. The van der Waals surface area contributed by atoms with Gasteiger partial charge >= 0.3 is 0 Å². The summed E-state index contributed by atoms with van der Waals surface area (Å²) < 4.78 is 14.4. The number of benzene rings is 1. The highest BCUT2D eigenvalue weighted by Crippen LogP contribution is 2.78. The molecular formula is C14H14ClFO. The number of alkyl halides is 1. The van der Waals surface area contributed by atoms with Crippen LogP contribution in [0.2, 0.25) is 5.02 Å². The molecule has 0 spiro atoms. The van der Waals surface area contributed by atoms with Crippen LogP contribution in [-0.2, 0) is 4.79 Å². The molecular weight excluding hydrogens is 239 g/mol. The van der Waals surface area contributed by atoms with E-state index in [0.717, 1.165) is 0 Å². The average Bonchev–Trinajstić information content (AvgIpc) is 2.12. The van der Waals surface area contributed by atoms with E-state index in [2.05, 4.69) is 0 Å². The number of hydrogen-bond acceptors (Lipinski definition) is 1. The molecule has 0 N–H and O–H groups in total. The number of Topliss-reactive ketones (excluding diaryl/α,β-unsaturated/α-hetero) is 1. The Morgan fingerprint density at radius 1 is 1.41 bits per heavy atom. The van der Waals surface area contributed by atoms with E-state index in [9.17, 15) is 9.18 Å². The molecule has 1 atom stereocenters. The maximum absolute atomic E-state index is 14.4. The van der Waals surface area contributed by atoms with E-state index >= 15 is 0 Å². The number of carbonyl (C=O) groups excluding carboxylic acids is 1. The summed E-state index contributed by atoms with van der Waals surface area (Å²) in [5.41, 5.74) is 0.188. The molecule has 2 bridgehead atoms. The van der Waals surface area contributed by atoms with Gasteiger partial charge in [-0.3, -0.25) is 4.79 Å². The molecule has 0 radical (unpaired) electrons. The van der Waals surface area contributed by atoms with Crippen molar-refractivity contribution < 1.29 is 9.18 Å². The van der Waals surface area contributed by atoms with E-state index in [1.807, 2.05) is 0 Å². The van der Waals surface area contributed by atoms with E-state index in [1.54, 1.807) is 31.2 Å². The molecule has 0 saturated heterocycles. The van der Waals surface area contributed by atoms with Crippen LogP contribution in [0, 0.1) is 10.8 Å². The van der Waals surface area contributed by atoms with Crippen LogP contribution in [0.5, 0.6) is 0 Å². The zero-order chi connectivity index (χ0) is 12.3.